The zero-order chi connectivity index (χ0) is 35.7. The van der Waals surface area contributed by atoms with Gasteiger partial charge in [-0.2, -0.15) is 0 Å². The number of carboxylic acids is 1. The molecule has 260 valence electrons. The average molecular weight is 699 g/mol. The van der Waals surface area contributed by atoms with Crippen molar-refractivity contribution >= 4 is 50.6 Å². The number of benzene rings is 4. The summed E-state index contributed by atoms with van der Waals surface area (Å²) >= 11 is 0. The standard InChI is InChI=1S/C38H39FN4O6S/c1-2-43(33-13-7-4-8-14-33)50(48,49)34-15-9-12-31(24-34)41-38(47)42(32-22-20-29(21-23-32)28-10-5-3-6-11-28)26-27-16-18-30(19-17-27)36(44)40-25-35(39)37(45)46/h4,7-10,12-24,35H,2-3,5-6,11,25-26H2,1H3,(H,40,44)(H,41,47)(H,45,46). The van der Waals surface area contributed by atoms with Crippen LogP contribution in [0.2, 0.25) is 0 Å². The lowest BCUT2D eigenvalue weighted by Crippen LogP contribution is -2.35. The van der Waals surface area contributed by atoms with Crippen LogP contribution in [0.5, 0.6) is 0 Å². The van der Waals surface area contributed by atoms with Gasteiger partial charge in [0, 0.05) is 23.5 Å². The van der Waals surface area contributed by atoms with Crippen LogP contribution < -0.4 is 19.8 Å². The van der Waals surface area contributed by atoms with Crippen LogP contribution in [0, 0.1) is 0 Å². The molecule has 3 amide bonds. The summed E-state index contributed by atoms with van der Waals surface area (Å²) in [5, 5.41) is 13.8. The third-order valence-corrected chi connectivity index (χ3v) is 10.3. The molecule has 0 heterocycles. The van der Waals surface area contributed by atoms with Crippen molar-refractivity contribution in [3.63, 3.8) is 0 Å². The number of alkyl halides is 1. The Morgan fingerprint density at radius 2 is 1.60 bits per heavy atom. The first kappa shape index (κ1) is 35.8. The van der Waals surface area contributed by atoms with Gasteiger partial charge in [0.1, 0.15) is 0 Å². The molecule has 0 saturated carbocycles. The summed E-state index contributed by atoms with van der Waals surface area (Å²) in [4.78, 5) is 38.7. The molecule has 1 unspecified atom stereocenters. The largest absolute Gasteiger partial charge is 0.479 e. The monoisotopic (exact) mass is 698 g/mol. The number of urea groups is 1. The maximum atomic E-state index is 14.0. The molecule has 3 N–H and O–H groups in total. The molecular weight excluding hydrogens is 660 g/mol. The lowest BCUT2D eigenvalue weighted by Gasteiger charge is -2.25. The van der Waals surface area contributed by atoms with E-state index in [1.807, 2.05) is 30.3 Å². The van der Waals surface area contributed by atoms with E-state index < -0.39 is 40.6 Å². The van der Waals surface area contributed by atoms with Crippen molar-refractivity contribution in [3.8, 4) is 0 Å². The molecule has 0 aliphatic heterocycles. The highest BCUT2D eigenvalue weighted by Crippen LogP contribution is 2.30. The summed E-state index contributed by atoms with van der Waals surface area (Å²) in [6.45, 7) is 1.39. The van der Waals surface area contributed by atoms with Gasteiger partial charge in [0.25, 0.3) is 15.9 Å². The van der Waals surface area contributed by atoms with E-state index in [9.17, 15) is 27.2 Å². The van der Waals surface area contributed by atoms with Gasteiger partial charge in [-0.15, -0.1) is 0 Å². The van der Waals surface area contributed by atoms with Gasteiger partial charge in [-0.1, -0.05) is 54.6 Å². The Bertz CT molecular complexity index is 1950. The topological polar surface area (TPSA) is 136 Å². The fourth-order valence-corrected chi connectivity index (χ4v) is 7.21. The third-order valence-electron chi connectivity index (χ3n) is 8.36. The summed E-state index contributed by atoms with van der Waals surface area (Å²) < 4.78 is 42.1. The number of carboxylic acid groups (broad SMARTS) is 1. The zero-order valence-electron chi connectivity index (χ0n) is 27.6. The predicted molar refractivity (Wildman–Crippen MR) is 192 cm³/mol. The van der Waals surface area contributed by atoms with E-state index in [2.05, 4.69) is 16.7 Å². The number of carbonyl (C=O) groups is 3. The maximum absolute atomic E-state index is 14.0. The van der Waals surface area contributed by atoms with Crippen molar-refractivity contribution in [2.24, 2.45) is 0 Å². The van der Waals surface area contributed by atoms with Gasteiger partial charge in [-0.05, 0) is 104 Å². The first-order valence-corrected chi connectivity index (χ1v) is 17.8. The summed E-state index contributed by atoms with van der Waals surface area (Å²) in [5.41, 5.74) is 4.62. The number of hydrogen-bond acceptors (Lipinski definition) is 5. The summed E-state index contributed by atoms with van der Waals surface area (Å²) in [6, 6.07) is 28.4. The zero-order valence-corrected chi connectivity index (χ0v) is 28.4. The molecule has 5 rings (SSSR count). The van der Waals surface area contributed by atoms with E-state index in [4.69, 9.17) is 5.11 Å². The van der Waals surface area contributed by atoms with Crippen molar-refractivity contribution < 1.29 is 32.3 Å². The van der Waals surface area contributed by atoms with Crippen LogP contribution in [0.25, 0.3) is 5.57 Å². The lowest BCUT2D eigenvalue weighted by molar-refractivity contribution is -0.142. The number of carbonyl (C=O) groups excluding carboxylic acids is 2. The Kier molecular flexibility index (Phi) is 11.7. The highest BCUT2D eigenvalue weighted by atomic mass is 32.2. The Morgan fingerprint density at radius 1 is 0.880 bits per heavy atom. The number of nitrogens with one attached hydrogen (secondary N) is 2. The van der Waals surface area contributed by atoms with E-state index in [1.54, 1.807) is 55.5 Å². The SMILES string of the molecule is CCN(c1ccccc1)S(=O)(=O)c1cccc(NC(=O)N(Cc2ccc(C(=O)NCC(F)C(=O)O)cc2)c2ccc(C3=CCCCC3)cc2)c1. The smallest absolute Gasteiger partial charge is 0.340 e. The molecule has 4 aromatic rings. The number of nitrogens with zero attached hydrogens (tertiary/aromatic N) is 2. The number of anilines is 3. The van der Waals surface area contributed by atoms with Crippen LogP contribution in [-0.2, 0) is 21.4 Å². The second-order valence-corrected chi connectivity index (χ2v) is 13.6. The molecule has 0 saturated heterocycles. The highest BCUT2D eigenvalue weighted by Gasteiger charge is 2.25. The minimum absolute atomic E-state index is 0.0222. The minimum atomic E-state index is -3.94. The quantitative estimate of drug-likeness (QED) is 0.135. The van der Waals surface area contributed by atoms with Crippen LogP contribution >= 0.6 is 0 Å². The highest BCUT2D eigenvalue weighted by molar-refractivity contribution is 7.92. The molecule has 10 nitrogen and oxygen atoms in total. The number of para-hydroxylation sites is 1. The summed E-state index contributed by atoms with van der Waals surface area (Å²) in [6.07, 6.45) is 4.34. The van der Waals surface area contributed by atoms with Crippen molar-refractivity contribution in [1.82, 2.24) is 5.32 Å². The van der Waals surface area contributed by atoms with Gasteiger partial charge >= 0.3 is 12.0 Å². The number of halogens is 1. The summed E-state index contributed by atoms with van der Waals surface area (Å²) in [7, 11) is -3.94. The van der Waals surface area contributed by atoms with Crippen LogP contribution in [0.1, 0.15) is 54.1 Å². The number of amides is 3. The molecule has 4 aromatic carbocycles. The van der Waals surface area contributed by atoms with E-state index in [-0.39, 0.29) is 29.2 Å². The molecule has 1 atom stereocenters. The van der Waals surface area contributed by atoms with Crippen molar-refractivity contribution in [2.75, 3.05) is 27.6 Å². The van der Waals surface area contributed by atoms with Crippen molar-refractivity contribution in [1.29, 1.82) is 0 Å². The number of hydrogen-bond donors (Lipinski definition) is 3. The predicted octanol–water partition coefficient (Wildman–Crippen LogP) is 7.25. The normalized spacial score (nSPS) is 13.4. The Hall–Kier alpha value is -5.49. The summed E-state index contributed by atoms with van der Waals surface area (Å²) in [5.74, 6) is -2.29. The maximum Gasteiger partial charge on any atom is 0.340 e. The molecule has 12 heteroatoms. The molecule has 0 bridgehead atoms. The molecule has 50 heavy (non-hydrogen) atoms. The lowest BCUT2D eigenvalue weighted by atomic mass is 9.93. The van der Waals surface area contributed by atoms with Gasteiger partial charge in [-0.25, -0.2) is 22.4 Å². The van der Waals surface area contributed by atoms with Crippen molar-refractivity contribution in [2.45, 2.75) is 50.2 Å². The Morgan fingerprint density at radius 3 is 2.24 bits per heavy atom. The molecular formula is C38H39FN4O6S. The van der Waals surface area contributed by atoms with Gasteiger partial charge in [0.05, 0.1) is 23.7 Å². The minimum Gasteiger partial charge on any atom is -0.479 e. The second kappa shape index (κ2) is 16.3. The number of aliphatic carboxylic acids is 1. The van der Waals surface area contributed by atoms with Crippen LogP contribution in [0.15, 0.2) is 114 Å². The van der Waals surface area contributed by atoms with E-state index in [0.717, 1.165) is 24.8 Å². The molecule has 0 fully saturated rings. The van der Waals surface area contributed by atoms with E-state index in [0.29, 0.717) is 16.9 Å². The first-order valence-electron chi connectivity index (χ1n) is 16.4. The number of rotatable bonds is 13. The number of allylic oxidation sites excluding steroid dienone is 2. The van der Waals surface area contributed by atoms with E-state index >= 15 is 0 Å². The van der Waals surface area contributed by atoms with Crippen LogP contribution in [0.3, 0.4) is 0 Å². The van der Waals surface area contributed by atoms with Gasteiger partial charge in [0.2, 0.25) is 6.17 Å². The van der Waals surface area contributed by atoms with Crippen molar-refractivity contribution in [3.05, 3.63) is 126 Å². The number of sulfonamides is 1. The van der Waals surface area contributed by atoms with Gasteiger partial charge in [0.15, 0.2) is 0 Å². The molecule has 0 aromatic heterocycles. The molecule has 0 spiro atoms. The molecule has 1 aliphatic rings. The van der Waals surface area contributed by atoms with Crippen LogP contribution in [-0.4, -0.2) is 50.7 Å². The molecule has 1 aliphatic carbocycles. The first-order chi connectivity index (χ1) is 24.1. The molecule has 0 radical (unpaired) electrons. The average Bonchev–Trinajstić information content (AvgIpc) is 3.14. The van der Waals surface area contributed by atoms with E-state index in [1.165, 1.54) is 45.5 Å². The second-order valence-electron chi connectivity index (χ2n) is 11.8. The fraction of sp³-hybridized carbons (Fsp3) is 0.237. The van der Waals surface area contributed by atoms with Gasteiger partial charge in [-0.3, -0.25) is 14.0 Å². The van der Waals surface area contributed by atoms with Crippen LogP contribution in [0.4, 0.5) is 26.2 Å². The Labute approximate surface area is 291 Å². The van der Waals surface area contributed by atoms with Gasteiger partial charge < -0.3 is 15.7 Å². The third kappa shape index (κ3) is 8.75. The Balaban J connectivity index is 1.39. The fourth-order valence-electron chi connectivity index (χ4n) is 5.69.